The van der Waals surface area contributed by atoms with E-state index >= 15 is 0 Å². The largest absolute Gasteiger partial charge is 0.472 e. The fraction of sp³-hybridized carbons (Fsp3) is 0.846. The number of phosphoric acid groups is 1. The topological polar surface area (TPSA) is 112 Å². The van der Waals surface area contributed by atoms with Crippen LogP contribution in [0.15, 0.2) is 24.3 Å². The van der Waals surface area contributed by atoms with E-state index in [4.69, 9.17) is 18.5 Å². The fourth-order valence-corrected chi connectivity index (χ4v) is 5.93. The first-order chi connectivity index (χ1) is 23.7. The molecule has 0 fully saturated rings. The summed E-state index contributed by atoms with van der Waals surface area (Å²) in [7, 11) is -0.712. The molecule has 0 amide bonds. The molecule has 0 aliphatic rings. The molecular weight excluding hydrogens is 641 g/mol. The summed E-state index contributed by atoms with van der Waals surface area (Å²) in [5, 5.41) is 0. The molecule has 0 saturated heterocycles. The van der Waals surface area contributed by atoms with Crippen LogP contribution in [0.2, 0.25) is 0 Å². The molecule has 9 nitrogen and oxygen atoms in total. The van der Waals surface area contributed by atoms with E-state index < -0.39 is 26.5 Å². The second-order valence-electron chi connectivity index (χ2n) is 13.5. The maximum atomic E-state index is 12.6. The Labute approximate surface area is 300 Å². The summed E-state index contributed by atoms with van der Waals surface area (Å²) in [6, 6.07) is 0. The third kappa shape index (κ3) is 36.1. The van der Waals surface area contributed by atoms with E-state index in [0.717, 1.165) is 57.8 Å². The molecule has 2 atom stereocenters. The Hall–Kier alpha value is -1.51. The molecule has 2 unspecified atom stereocenters. The summed E-state index contributed by atoms with van der Waals surface area (Å²) in [4.78, 5) is 36.8. The maximum Gasteiger partial charge on any atom is 0.472 e. The first kappa shape index (κ1) is 47.5. The highest BCUT2D eigenvalue weighted by Crippen LogP contribution is 2.43. The van der Waals surface area contributed by atoms with Crippen molar-refractivity contribution in [2.75, 3.05) is 40.5 Å². The molecule has 0 aromatic rings. The molecule has 288 valence electrons. The molecule has 0 aliphatic heterocycles. The van der Waals surface area contributed by atoms with Crippen molar-refractivity contribution in [1.82, 2.24) is 4.90 Å². The van der Waals surface area contributed by atoms with Gasteiger partial charge in [-0.25, -0.2) is 4.57 Å². The van der Waals surface area contributed by atoms with Gasteiger partial charge in [0, 0.05) is 19.4 Å². The summed E-state index contributed by atoms with van der Waals surface area (Å²) < 4.78 is 33.3. The number of unbranched alkanes of at least 4 members (excludes halogenated alkanes) is 18. The number of carbonyl (C=O) groups is 2. The molecule has 1 N–H and O–H groups in total. The van der Waals surface area contributed by atoms with Crippen LogP contribution in [0.3, 0.4) is 0 Å². The molecule has 10 heteroatoms. The lowest BCUT2D eigenvalue weighted by Crippen LogP contribution is -2.29. The number of nitrogens with zero attached hydrogens (tertiary/aromatic N) is 1. The molecule has 0 aromatic carbocycles. The molecule has 0 aromatic heterocycles. The standard InChI is InChI=1S/C39H74NO8P/c1-5-7-9-11-13-15-17-18-19-20-22-23-25-27-29-31-38(41)45-35-37(36-47-49(43,44)46-34-33-40(3)4)48-39(42)32-30-28-26-24-21-16-14-12-10-8-6-2/h13,15,18-19,37H,5-12,14,16-17,20-36H2,1-4H3,(H,43,44)/b15-13-,19-18-. The lowest BCUT2D eigenvalue weighted by Gasteiger charge is -2.20. The molecule has 0 bridgehead atoms. The smallest absolute Gasteiger partial charge is 0.462 e. The molecular formula is C39H74NO8P. The number of esters is 2. The minimum Gasteiger partial charge on any atom is -0.462 e. The lowest BCUT2D eigenvalue weighted by atomic mass is 10.1. The second-order valence-corrected chi connectivity index (χ2v) is 14.9. The van der Waals surface area contributed by atoms with E-state index in [1.54, 1.807) is 0 Å². The van der Waals surface area contributed by atoms with Gasteiger partial charge in [-0.15, -0.1) is 0 Å². The minimum atomic E-state index is -4.35. The molecule has 0 heterocycles. The first-order valence-corrected chi connectivity index (χ1v) is 21.1. The van der Waals surface area contributed by atoms with Crippen molar-refractivity contribution in [3.63, 3.8) is 0 Å². The monoisotopic (exact) mass is 716 g/mol. The van der Waals surface area contributed by atoms with E-state index in [2.05, 4.69) is 38.2 Å². The Kier molecular flexibility index (Phi) is 33.8. The van der Waals surface area contributed by atoms with Gasteiger partial charge in [-0.1, -0.05) is 134 Å². The second kappa shape index (κ2) is 34.9. The van der Waals surface area contributed by atoms with Gasteiger partial charge in [-0.3, -0.25) is 18.6 Å². The number of rotatable bonds is 36. The van der Waals surface area contributed by atoms with Gasteiger partial charge in [0.1, 0.15) is 6.61 Å². The van der Waals surface area contributed by atoms with E-state index in [1.165, 1.54) is 77.0 Å². The summed E-state index contributed by atoms with van der Waals surface area (Å²) in [5.74, 6) is -0.818. The predicted octanol–water partition coefficient (Wildman–Crippen LogP) is 10.7. The molecule has 49 heavy (non-hydrogen) atoms. The lowest BCUT2D eigenvalue weighted by molar-refractivity contribution is -0.161. The Balaban J connectivity index is 4.35. The summed E-state index contributed by atoms with van der Waals surface area (Å²) >= 11 is 0. The van der Waals surface area contributed by atoms with E-state index in [9.17, 15) is 19.0 Å². The van der Waals surface area contributed by atoms with Crippen LogP contribution in [0.25, 0.3) is 0 Å². The van der Waals surface area contributed by atoms with Crippen LogP contribution < -0.4 is 0 Å². The van der Waals surface area contributed by atoms with E-state index in [-0.39, 0.29) is 32.0 Å². The van der Waals surface area contributed by atoms with Crippen LogP contribution in [0.5, 0.6) is 0 Å². The van der Waals surface area contributed by atoms with Crippen LogP contribution >= 0.6 is 7.82 Å². The summed E-state index contributed by atoms with van der Waals surface area (Å²) in [6.45, 7) is 4.26. The normalized spacial score (nSPS) is 13.8. The average Bonchev–Trinajstić information content (AvgIpc) is 3.06. The molecule has 0 saturated carbocycles. The van der Waals surface area contributed by atoms with Gasteiger partial charge in [0.25, 0.3) is 0 Å². The van der Waals surface area contributed by atoms with Gasteiger partial charge in [0.2, 0.25) is 0 Å². The zero-order valence-electron chi connectivity index (χ0n) is 31.9. The van der Waals surface area contributed by atoms with Crippen LogP contribution in [0, 0.1) is 0 Å². The molecule has 0 spiro atoms. The number of ether oxygens (including phenoxy) is 2. The highest BCUT2D eigenvalue weighted by molar-refractivity contribution is 7.47. The van der Waals surface area contributed by atoms with E-state index in [0.29, 0.717) is 13.0 Å². The SMILES string of the molecule is CCCCC/C=C\C/C=C\CCCCCCCC(=O)OCC(COP(=O)(O)OCCN(C)C)OC(=O)CCCCCCCCCCCCC. The number of phosphoric ester groups is 1. The Morgan fingerprint density at radius 2 is 1.10 bits per heavy atom. The Morgan fingerprint density at radius 1 is 0.633 bits per heavy atom. The van der Waals surface area contributed by atoms with Crippen LogP contribution in [-0.4, -0.2) is 68.3 Å². The molecule has 0 rings (SSSR count). The van der Waals surface area contributed by atoms with Gasteiger partial charge in [-0.05, 0) is 59.0 Å². The third-order valence-electron chi connectivity index (χ3n) is 8.26. The number of carbonyl (C=O) groups excluding carboxylic acids is 2. The van der Waals surface area contributed by atoms with Crippen molar-refractivity contribution < 1.29 is 37.6 Å². The van der Waals surface area contributed by atoms with Gasteiger partial charge in [0.15, 0.2) is 6.10 Å². The van der Waals surface area contributed by atoms with Crippen molar-refractivity contribution in [2.45, 2.75) is 174 Å². The first-order valence-electron chi connectivity index (χ1n) is 19.6. The van der Waals surface area contributed by atoms with Crippen molar-refractivity contribution in [1.29, 1.82) is 0 Å². The van der Waals surface area contributed by atoms with Crippen molar-refractivity contribution in [3.8, 4) is 0 Å². The van der Waals surface area contributed by atoms with E-state index in [1.807, 2.05) is 19.0 Å². The zero-order valence-corrected chi connectivity index (χ0v) is 32.8. The van der Waals surface area contributed by atoms with Crippen molar-refractivity contribution in [2.24, 2.45) is 0 Å². The third-order valence-corrected chi connectivity index (χ3v) is 9.25. The quantitative estimate of drug-likeness (QED) is 0.0293. The number of allylic oxidation sites excluding steroid dienone is 4. The van der Waals surface area contributed by atoms with Gasteiger partial charge in [-0.2, -0.15) is 0 Å². The maximum absolute atomic E-state index is 12.6. The predicted molar refractivity (Wildman–Crippen MR) is 202 cm³/mol. The molecule has 0 radical (unpaired) electrons. The van der Waals surface area contributed by atoms with Crippen LogP contribution in [-0.2, 0) is 32.7 Å². The summed E-state index contributed by atoms with van der Waals surface area (Å²) in [5.41, 5.74) is 0. The number of hydrogen-bond donors (Lipinski definition) is 1. The van der Waals surface area contributed by atoms with Gasteiger partial charge >= 0.3 is 19.8 Å². The summed E-state index contributed by atoms with van der Waals surface area (Å²) in [6.07, 6.45) is 33.6. The minimum absolute atomic E-state index is 0.00657. The zero-order chi connectivity index (χ0) is 36.3. The van der Waals surface area contributed by atoms with Crippen LogP contribution in [0.1, 0.15) is 168 Å². The van der Waals surface area contributed by atoms with Crippen molar-refractivity contribution >= 4 is 19.8 Å². The Bertz CT molecular complexity index is 879. The average molecular weight is 716 g/mol. The highest BCUT2D eigenvalue weighted by atomic mass is 31.2. The van der Waals surface area contributed by atoms with Crippen molar-refractivity contribution in [3.05, 3.63) is 24.3 Å². The number of hydrogen-bond acceptors (Lipinski definition) is 8. The van der Waals surface area contributed by atoms with Gasteiger partial charge < -0.3 is 19.3 Å². The van der Waals surface area contributed by atoms with Gasteiger partial charge in [0.05, 0.1) is 13.2 Å². The fourth-order valence-electron chi connectivity index (χ4n) is 5.19. The van der Waals surface area contributed by atoms with Crippen LogP contribution in [0.4, 0.5) is 0 Å². The number of likely N-dealkylation sites (N-methyl/N-ethyl adjacent to an activating group) is 1. The highest BCUT2D eigenvalue weighted by Gasteiger charge is 2.26. The molecule has 0 aliphatic carbocycles. The Morgan fingerprint density at radius 3 is 1.65 bits per heavy atom.